The zero-order valence-electron chi connectivity index (χ0n) is 11.6. The fourth-order valence-corrected chi connectivity index (χ4v) is 2.14. The Hall–Kier alpha value is -0.620. The van der Waals surface area contributed by atoms with Crippen LogP contribution in [0.2, 0.25) is 0 Å². The summed E-state index contributed by atoms with van der Waals surface area (Å²) in [5, 5.41) is 0. The van der Waals surface area contributed by atoms with Crippen LogP contribution in [-0.2, 0) is 19.6 Å². The van der Waals surface area contributed by atoms with Crippen LogP contribution in [0.5, 0.6) is 0 Å². The topological polar surface area (TPSA) is 72.5 Å². The number of rotatable bonds is 3. The minimum atomic E-state index is -3.59. The third-order valence-electron chi connectivity index (χ3n) is 2.38. The molecule has 0 aromatic carbocycles. The molecule has 0 aliphatic heterocycles. The fraction of sp³-hybridized carbons (Fsp3) is 0.909. The van der Waals surface area contributed by atoms with Gasteiger partial charge in [0.05, 0.1) is 11.9 Å². The first-order valence-electron chi connectivity index (χ1n) is 5.42. The van der Waals surface area contributed by atoms with Gasteiger partial charge >= 0.3 is 5.97 Å². The summed E-state index contributed by atoms with van der Waals surface area (Å²) in [6, 6.07) is -0.892. The highest BCUT2D eigenvalue weighted by Crippen LogP contribution is 2.23. The Bertz CT molecular complexity index is 373. The third-order valence-corrected chi connectivity index (χ3v) is 4.54. The number of nitrogens with one attached hydrogen (secondary N) is 1. The highest BCUT2D eigenvalue weighted by molar-refractivity contribution is 7.90. The van der Waals surface area contributed by atoms with Crippen LogP contribution in [0, 0.1) is 5.41 Å². The number of carbonyl (C=O) groups is 1. The van der Waals surface area contributed by atoms with Crippen molar-refractivity contribution in [1.29, 1.82) is 0 Å². The lowest BCUT2D eigenvalue weighted by Gasteiger charge is -2.31. The van der Waals surface area contributed by atoms with Crippen molar-refractivity contribution in [2.45, 2.75) is 52.3 Å². The van der Waals surface area contributed by atoms with E-state index in [2.05, 4.69) is 9.46 Å². The molecule has 0 bridgehead atoms. The molecule has 0 unspecified atom stereocenters. The van der Waals surface area contributed by atoms with Crippen molar-refractivity contribution < 1.29 is 17.9 Å². The molecule has 1 N–H and O–H groups in total. The zero-order valence-corrected chi connectivity index (χ0v) is 12.4. The van der Waals surface area contributed by atoms with Gasteiger partial charge in [0.1, 0.15) is 6.04 Å². The quantitative estimate of drug-likeness (QED) is 0.780. The second-order valence-corrected chi connectivity index (χ2v) is 8.52. The van der Waals surface area contributed by atoms with Crippen LogP contribution >= 0.6 is 0 Å². The van der Waals surface area contributed by atoms with Crippen molar-refractivity contribution in [2.24, 2.45) is 5.41 Å². The summed E-state index contributed by atoms with van der Waals surface area (Å²) in [5.74, 6) is -0.578. The number of hydrogen-bond donors (Lipinski definition) is 1. The summed E-state index contributed by atoms with van der Waals surface area (Å²) >= 11 is 0. The third kappa shape index (κ3) is 4.27. The van der Waals surface area contributed by atoms with Crippen LogP contribution in [0.15, 0.2) is 0 Å². The summed E-state index contributed by atoms with van der Waals surface area (Å²) in [5.41, 5.74) is -0.550. The van der Waals surface area contributed by atoms with E-state index in [0.717, 1.165) is 0 Å². The molecule has 102 valence electrons. The van der Waals surface area contributed by atoms with Gasteiger partial charge in [0.2, 0.25) is 10.0 Å². The maximum Gasteiger partial charge on any atom is 0.324 e. The second-order valence-electron chi connectivity index (χ2n) is 6.06. The van der Waals surface area contributed by atoms with Gasteiger partial charge in [-0.2, -0.15) is 4.72 Å². The van der Waals surface area contributed by atoms with Crippen LogP contribution in [-0.4, -0.2) is 32.3 Å². The van der Waals surface area contributed by atoms with Gasteiger partial charge in [0.25, 0.3) is 0 Å². The largest absolute Gasteiger partial charge is 0.468 e. The number of sulfonamides is 1. The van der Waals surface area contributed by atoms with E-state index < -0.39 is 32.2 Å². The van der Waals surface area contributed by atoms with Crippen LogP contribution in [0.25, 0.3) is 0 Å². The predicted molar refractivity (Wildman–Crippen MR) is 67.1 cm³/mol. The van der Waals surface area contributed by atoms with Crippen molar-refractivity contribution >= 4 is 16.0 Å². The summed E-state index contributed by atoms with van der Waals surface area (Å²) in [4.78, 5) is 11.6. The van der Waals surface area contributed by atoms with E-state index >= 15 is 0 Å². The number of methoxy groups -OCH3 is 1. The maximum absolute atomic E-state index is 12.0. The first kappa shape index (κ1) is 16.4. The molecule has 5 nitrogen and oxygen atoms in total. The zero-order chi connectivity index (χ0) is 14.1. The Morgan fingerprint density at radius 3 is 1.76 bits per heavy atom. The average molecular weight is 265 g/mol. The van der Waals surface area contributed by atoms with Gasteiger partial charge < -0.3 is 4.74 Å². The molecule has 0 amide bonds. The first-order chi connectivity index (χ1) is 7.33. The highest BCUT2D eigenvalue weighted by atomic mass is 32.2. The monoisotopic (exact) mass is 265 g/mol. The molecule has 0 saturated carbocycles. The Morgan fingerprint density at radius 2 is 1.53 bits per heavy atom. The maximum atomic E-state index is 12.0. The molecular formula is C11H23NO4S. The second kappa shape index (κ2) is 4.94. The minimum Gasteiger partial charge on any atom is -0.468 e. The molecule has 1 atom stereocenters. The Kier molecular flexibility index (Phi) is 4.76. The molecule has 6 heteroatoms. The molecule has 0 aliphatic rings. The van der Waals surface area contributed by atoms with Crippen molar-refractivity contribution in [3.63, 3.8) is 0 Å². The lowest BCUT2D eigenvalue weighted by molar-refractivity contribution is -0.145. The van der Waals surface area contributed by atoms with Crippen LogP contribution in [0.4, 0.5) is 0 Å². The molecule has 0 aromatic rings. The van der Waals surface area contributed by atoms with Gasteiger partial charge in [0.15, 0.2) is 0 Å². The van der Waals surface area contributed by atoms with Gasteiger partial charge in [-0.15, -0.1) is 0 Å². The van der Waals surface area contributed by atoms with E-state index in [9.17, 15) is 13.2 Å². The normalized spacial score (nSPS) is 15.5. The van der Waals surface area contributed by atoms with Gasteiger partial charge in [0, 0.05) is 0 Å². The van der Waals surface area contributed by atoms with Crippen molar-refractivity contribution in [3.05, 3.63) is 0 Å². The molecule has 0 fully saturated rings. The summed E-state index contributed by atoms with van der Waals surface area (Å²) in [6.07, 6.45) is 0. The van der Waals surface area contributed by atoms with Gasteiger partial charge in [-0.3, -0.25) is 4.79 Å². The van der Waals surface area contributed by atoms with E-state index in [0.29, 0.717) is 0 Å². The molecule has 17 heavy (non-hydrogen) atoms. The minimum absolute atomic E-state index is 0.550. The smallest absolute Gasteiger partial charge is 0.324 e. The molecule has 0 spiro atoms. The van der Waals surface area contributed by atoms with E-state index in [4.69, 9.17) is 0 Å². The van der Waals surface area contributed by atoms with Crippen molar-refractivity contribution in [3.8, 4) is 0 Å². The highest BCUT2D eigenvalue weighted by Gasteiger charge is 2.39. The fourth-order valence-electron chi connectivity index (χ4n) is 1.03. The van der Waals surface area contributed by atoms with Crippen molar-refractivity contribution in [1.82, 2.24) is 4.72 Å². The van der Waals surface area contributed by atoms with Gasteiger partial charge in [-0.1, -0.05) is 20.8 Å². The van der Waals surface area contributed by atoms with E-state index in [1.807, 2.05) is 0 Å². The predicted octanol–water partition coefficient (Wildman–Crippen LogP) is 1.29. The lowest BCUT2D eigenvalue weighted by Crippen LogP contribution is -2.53. The summed E-state index contributed by atoms with van der Waals surface area (Å²) < 4.78 is 30.1. The Morgan fingerprint density at radius 1 is 1.12 bits per heavy atom. The van der Waals surface area contributed by atoms with Crippen LogP contribution in [0.1, 0.15) is 41.5 Å². The molecule has 0 radical (unpaired) electrons. The van der Waals surface area contributed by atoms with Crippen molar-refractivity contribution in [2.75, 3.05) is 7.11 Å². The van der Waals surface area contributed by atoms with Crippen LogP contribution in [0.3, 0.4) is 0 Å². The molecule has 0 rings (SSSR count). The van der Waals surface area contributed by atoms with E-state index in [-0.39, 0.29) is 0 Å². The van der Waals surface area contributed by atoms with E-state index in [1.165, 1.54) is 7.11 Å². The standard InChI is InChI=1S/C11H23NO4S/c1-10(2,3)8(9(13)16-7)12-17(14,15)11(4,5)6/h8,12H,1-7H3/t8-/m1/s1. The number of carbonyl (C=O) groups excluding carboxylic acids is 1. The number of ether oxygens (including phenoxy) is 1. The molecular weight excluding hydrogens is 242 g/mol. The molecule has 0 heterocycles. The van der Waals surface area contributed by atoms with Gasteiger partial charge in [-0.05, 0) is 26.2 Å². The van der Waals surface area contributed by atoms with E-state index in [1.54, 1.807) is 41.5 Å². The summed E-state index contributed by atoms with van der Waals surface area (Å²) in [6.45, 7) is 10.1. The SMILES string of the molecule is COC(=O)[C@@H](NS(=O)(=O)C(C)(C)C)C(C)(C)C. The Balaban J connectivity index is 5.24. The molecule has 0 aromatic heterocycles. The average Bonchev–Trinajstić information content (AvgIpc) is 2.09. The summed E-state index contributed by atoms with van der Waals surface area (Å²) in [7, 11) is -2.34. The Labute approximate surface area is 104 Å². The lowest BCUT2D eigenvalue weighted by atomic mass is 9.87. The first-order valence-corrected chi connectivity index (χ1v) is 6.91. The van der Waals surface area contributed by atoms with Crippen LogP contribution < -0.4 is 4.72 Å². The number of hydrogen-bond acceptors (Lipinski definition) is 4. The molecule has 0 aliphatic carbocycles. The molecule has 0 saturated heterocycles. The van der Waals surface area contributed by atoms with Gasteiger partial charge in [-0.25, -0.2) is 8.42 Å². The number of esters is 1.